The van der Waals surface area contributed by atoms with Crippen LogP contribution in [-0.2, 0) is 0 Å². The fourth-order valence-corrected chi connectivity index (χ4v) is 2.99. The van der Waals surface area contributed by atoms with Gasteiger partial charge in [0.1, 0.15) is 5.54 Å². The average Bonchev–Trinajstić information content (AvgIpc) is 2.46. The van der Waals surface area contributed by atoms with Crippen molar-refractivity contribution in [3.05, 3.63) is 0 Å². The van der Waals surface area contributed by atoms with Crippen LogP contribution in [0.1, 0.15) is 46.0 Å². The summed E-state index contributed by atoms with van der Waals surface area (Å²) in [5.74, 6) is -1.13. The van der Waals surface area contributed by atoms with Crippen LogP contribution in [0, 0.1) is 17.2 Å². The maximum atomic E-state index is 12.6. The molecule has 0 aromatic carbocycles. The van der Waals surface area contributed by atoms with E-state index < -0.39 is 17.6 Å². The summed E-state index contributed by atoms with van der Waals surface area (Å²) in [6.07, 6.45) is -1.32. The minimum Gasteiger partial charge on any atom is -0.303 e. The second-order valence-corrected chi connectivity index (χ2v) is 5.84. The molecule has 0 aromatic rings. The molecule has 1 rings (SSSR count). The molecule has 1 unspecified atom stereocenters. The third kappa shape index (κ3) is 5.48. The molecular weight excluding hydrogens is 279 g/mol. The lowest BCUT2D eigenvalue weighted by Gasteiger charge is -2.33. The largest absolute Gasteiger partial charge is 0.391 e. The van der Waals surface area contributed by atoms with Gasteiger partial charge in [0.15, 0.2) is 0 Å². The smallest absolute Gasteiger partial charge is 0.303 e. The van der Waals surface area contributed by atoms with Crippen molar-refractivity contribution in [2.24, 2.45) is 5.92 Å². The van der Waals surface area contributed by atoms with Crippen LogP contribution in [0.3, 0.4) is 0 Å². The van der Waals surface area contributed by atoms with Crippen molar-refractivity contribution in [1.82, 2.24) is 10.2 Å². The van der Waals surface area contributed by atoms with Crippen molar-refractivity contribution >= 4 is 0 Å². The molecule has 3 nitrogen and oxygen atoms in total. The lowest BCUT2D eigenvalue weighted by Crippen LogP contribution is -2.44. The highest BCUT2D eigenvalue weighted by Gasteiger charge is 2.40. The molecule has 6 heteroatoms. The van der Waals surface area contributed by atoms with Gasteiger partial charge in [0, 0.05) is 0 Å². The Labute approximate surface area is 125 Å². The van der Waals surface area contributed by atoms with Gasteiger partial charge in [0.2, 0.25) is 0 Å². The highest BCUT2D eigenvalue weighted by atomic mass is 19.4. The van der Waals surface area contributed by atoms with Crippen molar-refractivity contribution in [3.8, 4) is 6.07 Å². The summed E-state index contributed by atoms with van der Waals surface area (Å²) in [4.78, 5) is 2.09. The van der Waals surface area contributed by atoms with Gasteiger partial charge in [-0.2, -0.15) is 18.4 Å². The van der Waals surface area contributed by atoms with Gasteiger partial charge in [-0.15, -0.1) is 0 Å². The number of halogens is 3. The summed E-state index contributed by atoms with van der Waals surface area (Å²) in [5, 5.41) is 12.5. The van der Waals surface area contributed by atoms with Gasteiger partial charge in [-0.05, 0) is 58.3 Å². The van der Waals surface area contributed by atoms with Gasteiger partial charge in [0.25, 0.3) is 0 Å². The molecule has 1 N–H and O–H groups in total. The first-order valence-corrected chi connectivity index (χ1v) is 7.82. The van der Waals surface area contributed by atoms with Crippen LogP contribution in [0.5, 0.6) is 0 Å². The van der Waals surface area contributed by atoms with E-state index in [4.69, 9.17) is 0 Å². The summed E-state index contributed by atoms with van der Waals surface area (Å²) in [6.45, 7) is 6.51. The van der Waals surface area contributed by atoms with E-state index in [1.165, 1.54) is 0 Å². The monoisotopic (exact) mass is 305 g/mol. The van der Waals surface area contributed by atoms with E-state index in [0.29, 0.717) is 13.1 Å². The molecule has 21 heavy (non-hydrogen) atoms. The molecule has 1 aliphatic heterocycles. The van der Waals surface area contributed by atoms with E-state index in [2.05, 4.69) is 16.3 Å². The lowest BCUT2D eigenvalue weighted by molar-refractivity contribution is -0.185. The van der Waals surface area contributed by atoms with Crippen LogP contribution in [0.2, 0.25) is 0 Å². The van der Waals surface area contributed by atoms with Crippen molar-refractivity contribution in [1.29, 1.82) is 5.26 Å². The van der Waals surface area contributed by atoms with E-state index >= 15 is 0 Å². The van der Waals surface area contributed by atoms with Crippen molar-refractivity contribution in [3.63, 3.8) is 0 Å². The first kappa shape index (κ1) is 18.2. The highest BCUT2D eigenvalue weighted by Crippen LogP contribution is 2.34. The Morgan fingerprint density at radius 2 is 1.86 bits per heavy atom. The molecule has 1 fully saturated rings. The maximum Gasteiger partial charge on any atom is 0.391 e. The fraction of sp³-hybridized carbons (Fsp3) is 0.933. The molecule has 122 valence electrons. The molecular formula is C15H26F3N3. The predicted octanol–water partition coefficient (Wildman–Crippen LogP) is 3.32. The van der Waals surface area contributed by atoms with E-state index in [-0.39, 0.29) is 12.8 Å². The SMILES string of the molecule is CCNC(C#N)(CC)CCCN1CCC(C(F)(F)F)CC1. The second kappa shape index (κ2) is 8.00. The third-order valence-corrected chi connectivity index (χ3v) is 4.46. The topological polar surface area (TPSA) is 39.1 Å². The van der Waals surface area contributed by atoms with Crippen LogP contribution >= 0.6 is 0 Å². The number of hydrogen-bond acceptors (Lipinski definition) is 3. The number of rotatable bonds is 7. The van der Waals surface area contributed by atoms with Crippen molar-refractivity contribution in [2.75, 3.05) is 26.2 Å². The molecule has 0 amide bonds. The molecule has 1 aliphatic rings. The van der Waals surface area contributed by atoms with Crippen LogP contribution in [-0.4, -0.2) is 42.8 Å². The Hall–Kier alpha value is -0.800. The second-order valence-electron chi connectivity index (χ2n) is 5.84. The zero-order valence-electron chi connectivity index (χ0n) is 13.0. The van der Waals surface area contributed by atoms with Crippen LogP contribution in [0.15, 0.2) is 0 Å². The summed E-state index contributed by atoms with van der Waals surface area (Å²) in [5.41, 5.74) is -0.487. The number of nitriles is 1. The summed E-state index contributed by atoms with van der Waals surface area (Å²) in [7, 11) is 0. The minimum atomic E-state index is -4.05. The summed E-state index contributed by atoms with van der Waals surface area (Å²) in [6, 6.07) is 2.35. The number of hydrogen-bond donors (Lipinski definition) is 1. The number of likely N-dealkylation sites (tertiary alicyclic amines) is 1. The molecule has 0 bridgehead atoms. The Bertz CT molecular complexity index is 343. The Kier molecular flexibility index (Phi) is 6.95. The minimum absolute atomic E-state index is 0.202. The zero-order chi connectivity index (χ0) is 15.9. The maximum absolute atomic E-state index is 12.6. The van der Waals surface area contributed by atoms with Crippen LogP contribution < -0.4 is 5.32 Å². The Balaban J connectivity index is 2.33. The van der Waals surface area contributed by atoms with Gasteiger partial charge in [-0.25, -0.2) is 0 Å². The molecule has 1 saturated heterocycles. The molecule has 1 atom stereocenters. The third-order valence-electron chi connectivity index (χ3n) is 4.46. The van der Waals surface area contributed by atoms with E-state index in [1.54, 1.807) is 0 Å². The molecule has 0 radical (unpaired) electrons. The standard InChI is InChI=1S/C15H26F3N3/c1-3-14(12-19,20-4-2)8-5-9-21-10-6-13(7-11-21)15(16,17)18/h13,20H,3-11H2,1-2H3. The van der Waals surface area contributed by atoms with E-state index in [0.717, 1.165) is 32.4 Å². The summed E-state index contributed by atoms with van der Waals surface area (Å²) >= 11 is 0. The van der Waals surface area contributed by atoms with Gasteiger partial charge in [-0.1, -0.05) is 13.8 Å². The van der Waals surface area contributed by atoms with E-state index in [1.807, 2.05) is 13.8 Å². The predicted molar refractivity (Wildman–Crippen MR) is 76.8 cm³/mol. The first-order valence-electron chi connectivity index (χ1n) is 7.82. The normalized spacial score (nSPS) is 21.0. The fourth-order valence-electron chi connectivity index (χ4n) is 2.99. The highest BCUT2D eigenvalue weighted by molar-refractivity contribution is 5.06. The van der Waals surface area contributed by atoms with Gasteiger partial charge < -0.3 is 4.90 Å². The Morgan fingerprint density at radius 3 is 2.29 bits per heavy atom. The lowest BCUT2D eigenvalue weighted by atomic mass is 9.91. The quantitative estimate of drug-likeness (QED) is 0.784. The average molecular weight is 305 g/mol. The van der Waals surface area contributed by atoms with E-state index in [9.17, 15) is 18.4 Å². The Morgan fingerprint density at radius 1 is 1.24 bits per heavy atom. The van der Waals surface area contributed by atoms with Crippen LogP contribution in [0.25, 0.3) is 0 Å². The molecule has 0 aromatic heterocycles. The van der Waals surface area contributed by atoms with Crippen LogP contribution in [0.4, 0.5) is 13.2 Å². The molecule has 0 spiro atoms. The van der Waals surface area contributed by atoms with Gasteiger partial charge in [-0.3, -0.25) is 5.32 Å². The van der Waals surface area contributed by atoms with Crippen molar-refractivity contribution in [2.45, 2.75) is 57.7 Å². The number of piperidine rings is 1. The van der Waals surface area contributed by atoms with Crippen molar-refractivity contribution < 1.29 is 13.2 Å². The summed E-state index contributed by atoms with van der Waals surface area (Å²) < 4.78 is 37.8. The molecule has 0 saturated carbocycles. The number of nitrogens with one attached hydrogen (secondary N) is 1. The molecule has 0 aliphatic carbocycles. The van der Waals surface area contributed by atoms with Gasteiger partial charge >= 0.3 is 6.18 Å². The first-order chi connectivity index (χ1) is 9.87. The number of nitrogens with zero attached hydrogens (tertiary/aromatic N) is 2. The number of alkyl halides is 3. The van der Waals surface area contributed by atoms with Gasteiger partial charge in [0.05, 0.1) is 12.0 Å². The zero-order valence-corrected chi connectivity index (χ0v) is 13.0. The molecule has 1 heterocycles.